The molecule has 2 rings (SSSR count). The smallest absolute Gasteiger partial charge is 0.0931 e. The fraction of sp³-hybridized carbons (Fsp3) is 0.636. The van der Waals surface area contributed by atoms with E-state index >= 15 is 0 Å². The molecule has 0 aromatic carbocycles. The summed E-state index contributed by atoms with van der Waals surface area (Å²) >= 11 is 7.58. The molecule has 1 aromatic heterocycles. The van der Waals surface area contributed by atoms with Crippen LogP contribution in [0.3, 0.4) is 0 Å². The van der Waals surface area contributed by atoms with Crippen molar-refractivity contribution >= 4 is 22.9 Å². The molecule has 84 valence electrons. The van der Waals surface area contributed by atoms with Gasteiger partial charge in [-0.25, -0.2) is 0 Å². The molecule has 0 radical (unpaired) electrons. The molecule has 2 nitrogen and oxygen atoms in total. The summed E-state index contributed by atoms with van der Waals surface area (Å²) in [4.78, 5) is 3.82. The van der Waals surface area contributed by atoms with Gasteiger partial charge in [0.15, 0.2) is 0 Å². The number of nitrogens with zero attached hydrogens (tertiary/aromatic N) is 1. The first-order chi connectivity index (χ1) is 7.15. The topological polar surface area (TPSA) is 29.3 Å². The molecular formula is C11H17ClN2S. The van der Waals surface area contributed by atoms with Crippen LogP contribution < -0.4 is 5.73 Å². The van der Waals surface area contributed by atoms with Gasteiger partial charge in [0.1, 0.15) is 0 Å². The second kappa shape index (κ2) is 4.83. The molecule has 1 fully saturated rings. The van der Waals surface area contributed by atoms with Gasteiger partial charge < -0.3 is 5.73 Å². The first kappa shape index (κ1) is 11.4. The van der Waals surface area contributed by atoms with Gasteiger partial charge in [-0.05, 0) is 37.9 Å². The maximum absolute atomic E-state index is 5.91. The first-order valence-corrected chi connectivity index (χ1v) is 6.57. The van der Waals surface area contributed by atoms with Crippen molar-refractivity contribution in [1.82, 2.24) is 4.90 Å². The fourth-order valence-corrected chi connectivity index (χ4v) is 3.22. The number of thiophene rings is 1. The maximum Gasteiger partial charge on any atom is 0.0931 e. The van der Waals surface area contributed by atoms with Crippen LogP contribution in [-0.2, 0) is 6.54 Å². The lowest BCUT2D eigenvalue weighted by molar-refractivity contribution is 0.311. The zero-order valence-electron chi connectivity index (χ0n) is 8.95. The highest BCUT2D eigenvalue weighted by atomic mass is 35.5. The van der Waals surface area contributed by atoms with E-state index in [0.717, 1.165) is 17.4 Å². The van der Waals surface area contributed by atoms with Crippen LogP contribution >= 0.6 is 22.9 Å². The van der Waals surface area contributed by atoms with Gasteiger partial charge in [0.05, 0.1) is 4.34 Å². The highest BCUT2D eigenvalue weighted by molar-refractivity contribution is 7.16. The van der Waals surface area contributed by atoms with E-state index in [0.29, 0.717) is 12.0 Å². The average Bonchev–Trinajstić information content (AvgIpc) is 2.76. The Morgan fingerprint density at radius 1 is 1.67 bits per heavy atom. The normalized spacial score (nSPS) is 24.6. The lowest BCUT2D eigenvalue weighted by Crippen LogP contribution is -2.29. The molecule has 1 aromatic rings. The summed E-state index contributed by atoms with van der Waals surface area (Å²) in [6.07, 6.45) is 1.23. The minimum Gasteiger partial charge on any atom is -0.328 e. The van der Waals surface area contributed by atoms with Crippen molar-refractivity contribution in [3.05, 3.63) is 21.3 Å². The van der Waals surface area contributed by atoms with Gasteiger partial charge in [-0.1, -0.05) is 11.6 Å². The highest BCUT2D eigenvalue weighted by Gasteiger charge is 2.25. The van der Waals surface area contributed by atoms with Crippen LogP contribution in [0.1, 0.15) is 18.2 Å². The molecular weight excluding hydrogens is 228 g/mol. The van der Waals surface area contributed by atoms with Gasteiger partial charge in [0, 0.05) is 24.0 Å². The van der Waals surface area contributed by atoms with Crippen LogP contribution in [0.25, 0.3) is 0 Å². The zero-order chi connectivity index (χ0) is 10.8. The monoisotopic (exact) mass is 244 g/mol. The Hall–Kier alpha value is -0.0900. The molecule has 0 bridgehead atoms. The summed E-state index contributed by atoms with van der Waals surface area (Å²) in [7, 11) is 0. The molecule has 4 heteroatoms. The van der Waals surface area contributed by atoms with E-state index in [1.165, 1.54) is 17.8 Å². The van der Waals surface area contributed by atoms with E-state index in [1.807, 2.05) is 6.07 Å². The van der Waals surface area contributed by atoms with Gasteiger partial charge in [0.2, 0.25) is 0 Å². The molecule has 2 heterocycles. The second-order valence-corrected chi connectivity index (χ2v) is 6.15. The van der Waals surface area contributed by atoms with E-state index in [4.69, 9.17) is 17.3 Å². The summed E-state index contributed by atoms with van der Waals surface area (Å²) in [5.41, 5.74) is 5.91. The van der Waals surface area contributed by atoms with Crippen molar-refractivity contribution in [2.24, 2.45) is 11.7 Å². The average molecular weight is 245 g/mol. The number of rotatable bonds is 3. The lowest BCUT2D eigenvalue weighted by Gasteiger charge is -2.16. The Morgan fingerprint density at radius 2 is 2.47 bits per heavy atom. The Kier molecular flexibility index (Phi) is 3.67. The standard InChI is InChI=1S/C11H17ClN2S/c1-8(13)9-4-5-14(6-9)7-10-2-3-11(12)15-10/h2-3,8-9H,4-7,13H2,1H3. The quantitative estimate of drug-likeness (QED) is 0.886. The van der Waals surface area contributed by atoms with Crippen molar-refractivity contribution in [3.63, 3.8) is 0 Å². The minimum absolute atomic E-state index is 0.321. The van der Waals surface area contributed by atoms with E-state index in [-0.39, 0.29) is 0 Å². The lowest BCUT2D eigenvalue weighted by atomic mass is 10.0. The number of hydrogen-bond donors (Lipinski definition) is 1. The molecule has 0 spiro atoms. The molecule has 2 N–H and O–H groups in total. The zero-order valence-corrected chi connectivity index (χ0v) is 10.5. The summed E-state index contributed by atoms with van der Waals surface area (Å²) in [5, 5.41) is 0. The molecule has 1 aliphatic rings. The van der Waals surface area contributed by atoms with Crippen LogP contribution in [0.4, 0.5) is 0 Å². The fourth-order valence-electron chi connectivity index (χ4n) is 2.09. The van der Waals surface area contributed by atoms with E-state index in [1.54, 1.807) is 11.3 Å². The third-order valence-corrected chi connectivity index (χ3v) is 4.28. The molecule has 2 unspecified atom stereocenters. The van der Waals surface area contributed by atoms with Gasteiger partial charge in [-0.15, -0.1) is 11.3 Å². The van der Waals surface area contributed by atoms with Gasteiger partial charge in [-0.2, -0.15) is 0 Å². The van der Waals surface area contributed by atoms with E-state index in [2.05, 4.69) is 17.9 Å². The Balaban J connectivity index is 1.87. The van der Waals surface area contributed by atoms with Crippen LogP contribution in [-0.4, -0.2) is 24.0 Å². The highest BCUT2D eigenvalue weighted by Crippen LogP contribution is 2.26. The van der Waals surface area contributed by atoms with Gasteiger partial charge >= 0.3 is 0 Å². The molecule has 1 saturated heterocycles. The summed E-state index contributed by atoms with van der Waals surface area (Å²) in [6, 6.07) is 4.41. The third kappa shape index (κ3) is 2.94. The van der Waals surface area contributed by atoms with Crippen molar-refractivity contribution < 1.29 is 0 Å². The number of nitrogens with two attached hydrogens (primary N) is 1. The van der Waals surface area contributed by atoms with E-state index < -0.39 is 0 Å². The number of halogens is 1. The summed E-state index contributed by atoms with van der Waals surface area (Å²) in [5.74, 6) is 0.667. The predicted octanol–water partition coefficient (Wildman–Crippen LogP) is 2.57. The Labute approximate surface area is 100 Å². The minimum atomic E-state index is 0.321. The third-order valence-electron chi connectivity index (χ3n) is 3.06. The van der Waals surface area contributed by atoms with Crippen molar-refractivity contribution in [2.45, 2.75) is 25.9 Å². The van der Waals surface area contributed by atoms with Crippen molar-refractivity contribution in [2.75, 3.05) is 13.1 Å². The number of likely N-dealkylation sites (tertiary alicyclic amines) is 1. The molecule has 1 aliphatic heterocycles. The SMILES string of the molecule is CC(N)C1CCN(Cc2ccc(Cl)s2)C1. The molecule has 15 heavy (non-hydrogen) atoms. The van der Waals surface area contributed by atoms with Gasteiger partial charge in [-0.3, -0.25) is 4.90 Å². The predicted molar refractivity (Wildman–Crippen MR) is 66.4 cm³/mol. The maximum atomic E-state index is 5.91. The van der Waals surface area contributed by atoms with Crippen LogP contribution in [0.15, 0.2) is 12.1 Å². The molecule has 0 amide bonds. The number of hydrogen-bond acceptors (Lipinski definition) is 3. The molecule has 0 saturated carbocycles. The van der Waals surface area contributed by atoms with Crippen molar-refractivity contribution in [1.29, 1.82) is 0 Å². The first-order valence-electron chi connectivity index (χ1n) is 5.37. The molecule has 0 aliphatic carbocycles. The second-order valence-electron chi connectivity index (χ2n) is 4.35. The van der Waals surface area contributed by atoms with Crippen LogP contribution in [0.2, 0.25) is 4.34 Å². The Bertz CT molecular complexity index is 324. The largest absolute Gasteiger partial charge is 0.328 e. The van der Waals surface area contributed by atoms with Crippen LogP contribution in [0, 0.1) is 5.92 Å². The van der Waals surface area contributed by atoms with Crippen LogP contribution in [0.5, 0.6) is 0 Å². The summed E-state index contributed by atoms with van der Waals surface area (Å²) in [6.45, 7) is 5.44. The van der Waals surface area contributed by atoms with E-state index in [9.17, 15) is 0 Å². The van der Waals surface area contributed by atoms with Crippen molar-refractivity contribution in [3.8, 4) is 0 Å². The molecule has 2 atom stereocenters. The summed E-state index contributed by atoms with van der Waals surface area (Å²) < 4.78 is 0.882. The Morgan fingerprint density at radius 3 is 3.00 bits per heavy atom. The van der Waals surface area contributed by atoms with Gasteiger partial charge in [0.25, 0.3) is 0 Å².